The highest BCUT2D eigenvalue weighted by molar-refractivity contribution is 9.10. The summed E-state index contributed by atoms with van der Waals surface area (Å²) in [5.74, 6) is -0.301. The van der Waals surface area contributed by atoms with Gasteiger partial charge in [0.2, 0.25) is 0 Å². The van der Waals surface area contributed by atoms with E-state index in [2.05, 4.69) is 21.2 Å². The monoisotopic (exact) mass is 299 g/mol. The number of rotatable bonds is 3. The lowest BCUT2D eigenvalue weighted by Gasteiger charge is -2.10. The van der Waals surface area contributed by atoms with Crippen molar-refractivity contribution in [1.82, 2.24) is 5.32 Å². The second-order valence-corrected chi connectivity index (χ2v) is 5.00. The Morgan fingerprint density at radius 1 is 1.47 bits per heavy atom. The lowest BCUT2D eigenvalue weighted by molar-refractivity contribution is -0.147. The predicted octanol–water partition coefficient (Wildman–Crippen LogP) is 1.22. The Morgan fingerprint density at radius 3 is 2.76 bits per heavy atom. The van der Waals surface area contributed by atoms with E-state index in [4.69, 9.17) is 4.74 Å². The maximum atomic E-state index is 11.6. The standard InChI is InChI=1S/C12H14BrNO3/c13-9-3-1-8(2-4-9)7-17-12(16)11-5-10(15)6-14-11/h1-4,10-11,14-15H,5-7H2/t10-,11+/m1/s1. The Labute approximate surface area is 108 Å². The molecule has 2 atom stereocenters. The molecule has 2 N–H and O–H groups in total. The van der Waals surface area contributed by atoms with Gasteiger partial charge in [-0.05, 0) is 17.7 Å². The molecule has 1 heterocycles. The van der Waals surface area contributed by atoms with E-state index in [1.165, 1.54) is 0 Å². The molecule has 0 radical (unpaired) electrons. The Bertz CT molecular complexity index is 393. The molecule has 5 heteroatoms. The molecule has 4 nitrogen and oxygen atoms in total. The second kappa shape index (κ2) is 5.62. The Balaban J connectivity index is 1.82. The largest absolute Gasteiger partial charge is 0.460 e. The smallest absolute Gasteiger partial charge is 0.323 e. The number of hydrogen-bond donors (Lipinski definition) is 2. The van der Waals surface area contributed by atoms with E-state index in [0.717, 1.165) is 10.0 Å². The molecule has 1 aromatic carbocycles. The van der Waals surface area contributed by atoms with Crippen LogP contribution in [0, 0.1) is 0 Å². The van der Waals surface area contributed by atoms with Crippen molar-refractivity contribution in [1.29, 1.82) is 0 Å². The van der Waals surface area contributed by atoms with Gasteiger partial charge >= 0.3 is 5.97 Å². The van der Waals surface area contributed by atoms with Gasteiger partial charge in [-0.15, -0.1) is 0 Å². The average molecular weight is 300 g/mol. The highest BCUT2D eigenvalue weighted by Crippen LogP contribution is 2.13. The van der Waals surface area contributed by atoms with Crippen molar-refractivity contribution in [2.45, 2.75) is 25.2 Å². The zero-order valence-corrected chi connectivity index (χ0v) is 10.8. The summed E-state index contributed by atoms with van der Waals surface area (Å²) in [6, 6.07) is 7.23. The first-order valence-electron chi connectivity index (χ1n) is 5.47. The van der Waals surface area contributed by atoms with Crippen LogP contribution in [-0.4, -0.2) is 29.8 Å². The van der Waals surface area contributed by atoms with E-state index in [1.807, 2.05) is 24.3 Å². The number of benzene rings is 1. The molecule has 0 bridgehead atoms. The number of hydrogen-bond acceptors (Lipinski definition) is 4. The van der Waals surface area contributed by atoms with Crippen LogP contribution >= 0.6 is 15.9 Å². The fourth-order valence-corrected chi connectivity index (χ4v) is 2.00. The average Bonchev–Trinajstić information content (AvgIpc) is 2.75. The molecule has 1 aliphatic heterocycles. The summed E-state index contributed by atoms with van der Waals surface area (Å²) >= 11 is 3.34. The molecule has 1 fully saturated rings. The zero-order chi connectivity index (χ0) is 12.3. The summed E-state index contributed by atoms with van der Waals surface area (Å²) in [5, 5.41) is 12.2. The van der Waals surface area contributed by atoms with Crippen molar-refractivity contribution in [2.24, 2.45) is 0 Å². The summed E-state index contributed by atoms with van der Waals surface area (Å²) in [5.41, 5.74) is 0.945. The van der Waals surface area contributed by atoms with Crippen LogP contribution in [0.4, 0.5) is 0 Å². The van der Waals surface area contributed by atoms with Crippen LogP contribution in [0.25, 0.3) is 0 Å². The van der Waals surface area contributed by atoms with Crippen molar-refractivity contribution >= 4 is 21.9 Å². The number of β-amino-alcohol motifs (C(OH)–C–C–N with tert-alkyl or cyclic N) is 1. The molecular formula is C12H14BrNO3. The van der Waals surface area contributed by atoms with E-state index in [-0.39, 0.29) is 18.6 Å². The summed E-state index contributed by atoms with van der Waals surface area (Å²) in [4.78, 5) is 11.6. The van der Waals surface area contributed by atoms with Crippen LogP contribution in [-0.2, 0) is 16.1 Å². The van der Waals surface area contributed by atoms with Gasteiger partial charge in [0, 0.05) is 17.4 Å². The Hall–Kier alpha value is -0.910. The van der Waals surface area contributed by atoms with Gasteiger partial charge in [-0.3, -0.25) is 4.79 Å². The summed E-state index contributed by atoms with van der Waals surface area (Å²) in [7, 11) is 0. The van der Waals surface area contributed by atoms with Crippen LogP contribution < -0.4 is 5.32 Å². The van der Waals surface area contributed by atoms with Gasteiger partial charge < -0.3 is 15.2 Å². The van der Waals surface area contributed by atoms with Crippen LogP contribution in [0.2, 0.25) is 0 Å². The SMILES string of the molecule is O=C(OCc1ccc(Br)cc1)[C@@H]1C[C@@H](O)CN1. The van der Waals surface area contributed by atoms with Gasteiger partial charge in [0.1, 0.15) is 12.6 Å². The number of carbonyl (C=O) groups excluding carboxylic acids is 1. The highest BCUT2D eigenvalue weighted by Gasteiger charge is 2.29. The minimum absolute atomic E-state index is 0.264. The van der Waals surface area contributed by atoms with E-state index < -0.39 is 6.10 Å². The number of aliphatic hydroxyl groups excluding tert-OH is 1. The third kappa shape index (κ3) is 3.52. The summed E-state index contributed by atoms with van der Waals surface area (Å²) < 4.78 is 6.17. The predicted molar refractivity (Wildman–Crippen MR) is 66.4 cm³/mol. The number of nitrogens with one attached hydrogen (secondary N) is 1. The number of aliphatic hydroxyl groups is 1. The van der Waals surface area contributed by atoms with E-state index in [1.54, 1.807) is 0 Å². The first-order chi connectivity index (χ1) is 8.15. The fraction of sp³-hybridized carbons (Fsp3) is 0.417. The van der Waals surface area contributed by atoms with Gasteiger partial charge in [0.05, 0.1) is 6.10 Å². The van der Waals surface area contributed by atoms with Crippen molar-refractivity contribution in [2.75, 3.05) is 6.54 Å². The number of carbonyl (C=O) groups is 1. The van der Waals surface area contributed by atoms with Gasteiger partial charge in [-0.25, -0.2) is 0 Å². The second-order valence-electron chi connectivity index (χ2n) is 4.08. The summed E-state index contributed by atoms with van der Waals surface area (Å²) in [6.45, 7) is 0.721. The molecule has 0 saturated carbocycles. The van der Waals surface area contributed by atoms with Gasteiger partial charge in [-0.1, -0.05) is 28.1 Å². The van der Waals surface area contributed by atoms with E-state index in [0.29, 0.717) is 13.0 Å². The molecule has 0 unspecified atom stereocenters. The lowest BCUT2D eigenvalue weighted by Crippen LogP contribution is -2.32. The normalized spacial score (nSPS) is 23.6. The third-order valence-corrected chi connectivity index (χ3v) is 3.22. The first kappa shape index (κ1) is 12.5. The van der Waals surface area contributed by atoms with Crippen LogP contribution in [0.1, 0.15) is 12.0 Å². The first-order valence-corrected chi connectivity index (χ1v) is 6.27. The van der Waals surface area contributed by atoms with E-state index in [9.17, 15) is 9.90 Å². The minimum atomic E-state index is -0.444. The fourth-order valence-electron chi connectivity index (χ4n) is 1.73. The molecule has 0 aliphatic carbocycles. The maximum Gasteiger partial charge on any atom is 0.323 e. The van der Waals surface area contributed by atoms with Crippen molar-refractivity contribution in [3.8, 4) is 0 Å². The number of esters is 1. The van der Waals surface area contributed by atoms with E-state index >= 15 is 0 Å². The van der Waals surface area contributed by atoms with Crippen molar-refractivity contribution < 1.29 is 14.6 Å². The topological polar surface area (TPSA) is 58.6 Å². The minimum Gasteiger partial charge on any atom is -0.460 e. The molecule has 17 heavy (non-hydrogen) atoms. The third-order valence-electron chi connectivity index (χ3n) is 2.69. The van der Waals surface area contributed by atoms with Crippen molar-refractivity contribution in [3.05, 3.63) is 34.3 Å². The molecular weight excluding hydrogens is 286 g/mol. The molecule has 2 rings (SSSR count). The highest BCUT2D eigenvalue weighted by atomic mass is 79.9. The molecule has 0 aromatic heterocycles. The maximum absolute atomic E-state index is 11.6. The molecule has 92 valence electrons. The van der Waals surface area contributed by atoms with Crippen LogP contribution in [0.3, 0.4) is 0 Å². The molecule has 1 saturated heterocycles. The van der Waals surface area contributed by atoms with Gasteiger partial charge in [0.25, 0.3) is 0 Å². The Kier molecular flexibility index (Phi) is 4.15. The Morgan fingerprint density at radius 2 is 2.18 bits per heavy atom. The number of ether oxygens (including phenoxy) is 1. The lowest BCUT2D eigenvalue weighted by atomic mass is 10.2. The van der Waals surface area contributed by atoms with Gasteiger partial charge in [-0.2, -0.15) is 0 Å². The quantitative estimate of drug-likeness (QED) is 0.824. The summed E-state index contributed by atoms with van der Waals surface area (Å²) in [6.07, 6.45) is -0.0145. The number of halogens is 1. The van der Waals surface area contributed by atoms with Crippen LogP contribution in [0.15, 0.2) is 28.7 Å². The molecule has 0 amide bonds. The molecule has 1 aliphatic rings. The van der Waals surface area contributed by atoms with Gasteiger partial charge in [0.15, 0.2) is 0 Å². The zero-order valence-electron chi connectivity index (χ0n) is 9.23. The van der Waals surface area contributed by atoms with Crippen molar-refractivity contribution in [3.63, 3.8) is 0 Å². The van der Waals surface area contributed by atoms with Crippen LogP contribution in [0.5, 0.6) is 0 Å². The molecule has 0 spiro atoms. The molecule has 1 aromatic rings.